The molecule has 0 saturated carbocycles. The van der Waals surface area contributed by atoms with Crippen molar-refractivity contribution in [3.63, 3.8) is 0 Å². The molecule has 0 radical (unpaired) electrons. The van der Waals surface area contributed by atoms with Gasteiger partial charge in [-0.3, -0.25) is 14.6 Å². The minimum atomic E-state index is -0.581. The summed E-state index contributed by atoms with van der Waals surface area (Å²) in [4.78, 5) is 59.4. The van der Waals surface area contributed by atoms with E-state index in [1.54, 1.807) is 28.3 Å². The summed E-state index contributed by atoms with van der Waals surface area (Å²) >= 11 is 0. The van der Waals surface area contributed by atoms with E-state index in [4.69, 9.17) is 13.9 Å². The molecule has 12 heteroatoms. The van der Waals surface area contributed by atoms with Gasteiger partial charge in [0.2, 0.25) is 5.43 Å². The van der Waals surface area contributed by atoms with Crippen LogP contribution in [0.15, 0.2) is 70.1 Å². The van der Waals surface area contributed by atoms with Gasteiger partial charge in [0.15, 0.2) is 0 Å². The fraction of sp³-hybridized carbons (Fsp3) is 0.390. The van der Waals surface area contributed by atoms with Gasteiger partial charge in [0, 0.05) is 24.2 Å². The quantitative estimate of drug-likeness (QED) is 0.136. The van der Waals surface area contributed by atoms with Crippen molar-refractivity contribution in [2.24, 2.45) is 0 Å². The summed E-state index contributed by atoms with van der Waals surface area (Å²) in [5.74, 6) is 1.42. The van der Waals surface area contributed by atoms with E-state index in [0.717, 1.165) is 64.8 Å². The Morgan fingerprint density at radius 1 is 0.717 bits per heavy atom. The normalized spacial score (nSPS) is 18.1. The minimum Gasteiger partial charge on any atom is -0.456 e. The number of benzene rings is 3. The van der Waals surface area contributed by atoms with Crippen LogP contribution in [0.3, 0.4) is 0 Å². The molecule has 8 rings (SSSR count). The standard InChI is InChI=1S/C41H44N6O6/c1-40(2,3)52-38(49)46-17-7-9-30(46)36-42-21-28(44-36)24-11-14-26-23(19-24)13-16-32-34(26)35(48)27-15-12-25(20-33(27)51-32)29-22-43-37(45-29)31-10-8-18-47(31)39(50)53-41(4,5)6/h11-16,19-22,30-31H,7-10,17-18H2,1-6H3,(H,42,44)(H,43,45)/t30-,31-/m0/s1. The fourth-order valence-electron chi connectivity index (χ4n) is 7.50. The molecule has 0 bridgehead atoms. The highest BCUT2D eigenvalue weighted by atomic mass is 16.6. The highest BCUT2D eigenvalue weighted by molar-refractivity contribution is 6.09. The number of imidazole rings is 2. The van der Waals surface area contributed by atoms with Crippen LogP contribution < -0.4 is 5.43 Å². The third-order valence-electron chi connectivity index (χ3n) is 9.86. The molecule has 2 fully saturated rings. The maximum atomic E-state index is 14.0. The molecule has 3 aromatic heterocycles. The van der Waals surface area contributed by atoms with Gasteiger partial charge in [-0.15, -0.1) is 0 Å². The zero-order valence-corrected chi connectivity index (χ0v) is 30.9. The number of nitrogens with one attached hydrogen (secondary N) is 2. The molecule has 2 atom stereocenters. The molecule has 0 aliphatic carbocycles. The lowest BCUT2D eigenvalue weighted by molar-refractivity contribution is 0.0208. The number of rotatable bonds is 4. The van der Waals surface area contributed by atoms with Crippen LogP contribution in [0.25, 0.3) is 55.2 Å². The Labute approximate surface area is 306 Å². The number of aromatic nitrogens is 4. The van der Waals surface area contributed by atoms with Crippen LogP contribution in [0.1, 0.15) is 91.0 Å². The van der Waals surface area contributed by atoms with E-state index in [1.807, 2.05) is 84.0 Å². The van der Waals surface area contributed by atoms with Crippen molar-refractivity contribution in [2.75, 3.05) is 13.1 Å². The number of carbonyl (C=O) groups excluding carboxylic acids is 2. The van der Waals surface area contributed by atoms with Crippen molar-refractivity contribution in [2.45, 2.75) is 90.5 Å². The lowest BCUT2D eigenvalue weighted by Gasteiger charge is -2.27. The first-order valence-corrected chi connectivity index (χ1v) is 18.3. The van der Waals surface area contributed by atoms with Gasteiger partial charge >= 0.3 is 12.2 Å². The minimum absolute atomic E-state index is 0.109. The Morgan fingerprint density at radius 2 is 1.25 bits per heavy atom. The summed E-state index contributed by atoms with van der Waals surface area (Å²) in [5, 5.41) is 2.68. The number of hydrogen-bond acceptors (Lipinski definition) is 8. The molecule has 0 spiro atoms. The first-order valence-electron chi connectivity index (χ1n) is 18.3. The second kappa shape index (κ2) is 12.8. The second-order valence-corrected chi connectivity index (χ2v) is 16.0. The van der Waals surface area contributed by atoms with Crippen LogP contribution >= 0.6 is 0 Å². The number of aromatic amines is 2. The van der Waals surface area contributed by atoms with Crippen molar-refractivity contribution in [3.05, 3.63) is 82.8 Å². The molecule has 2 aliphatic rings. The average molecular weight is 717 g/mol. The largest absolute Gasteiger partial charge is 0.456 e. The van der Waals surface area contributed by atoms with Crippen LogP contribution in [-0.2, 0) is 9.47 Å². The van der Waals surface area contributed by atoms with Gasteiger partial charge in [0.1, 0.15) is 34.0 Å². The number of H-pyrrole nitrogens is 2. The molecule has 2 N–H and O–H groups in total. The van der Waals surface area contributed by atoms with Gasteiger partial charge in [0.05, 0.1) is 46.6 Å². The van der Waals surface area contributed by atoms with Crippen LogP contribution in [0, 0.1) is 0 Å². The molecule has 0 unspecified atom stereocenters. The van der Waals surface area contributed by atoms with Gasteiger partial charge in [-0.2, -0.15) is 0 Å². The fourth-order valence-corrected chi connectivity index (χ4v) is 7.50. The first-order chi connectivity index (χ1) is 25.2. The van der Waals surface area contributed by atoms with Crippen LogP contribution in [-0.4, -0.2) is 66.2 Å². The number of likely N-dealkylation sites (tertiary alicyclic amines) is 2. The van der Waals surface area contributed by atoms with Crippen LogP contribution in [0.5, 0.6) is 0 Å². The highest BCUT2D eigenvalue weighted by Gasteiger charge is 2.36. The molecular formula is C41H44N6O6. The van der Waals surface area contributed by atoms with Crippen molar-refractivity contribution in [3.8, 4) is 22.5 Å². The molecule has 6 aromatic rings. The molecule has 2 saturated heterocycles. The third-order valence-corrected chi connectivity index (χ3v) is 9.86. The number of amides is 2. The van der Waals surface area contributed by atoms with Crippen molar-refractivity contribution in [1.29, 1.82) is 0 Å². The van der Waals surface area contributed by atoms with Crippen LogP contribution in [0.2, 0.25) is 0 Å². The molecule has 2 aliphatic heterocycles. The van der Waals surface area contributed by atoms with E-state index in [-0.39, 0.29) is 29.7 Å². The number of fused-ring (bicyclic) bond motifs is 4. The summed E-state index contributed by atoms with van der Waals surface area (Å²) < 4.78 is 17.7. The Kier molecular flexibility index (Phi) is 8.31. The zero-order chi connectivity index (χ0) is 37.2. The topological polar surface area (TPSA) is 147 Å². The third kappa shape index (κ3) is 6.62. The van der Waals surface area contributed by atoms with E-state index in [0.29, 0.717) is 40.9 Å². The van der Waals surface area contributed by atoms with Crippen molar-refractivity contribution in [1.82, 2.24) is 29.7 Å². The predicted molar refractivity (Wildman–Crippen MR) is 202 cm³/mol. The Hall–Kier alpha value is -5.65. The Balaban J connectivity index is 1.06. The molecular weight excluding hydrogens is 672 g/mol. The monoisotopic (exact) mass is 716 g/mol. The summed E-state index contributed by atoms with van der Waals surface area (Å²) in [5.41, 5.74) is 3.02. The molecule has 12 nitrogen and oxygen atoms in total. The maximum absolute atomic E-state index is 14.0. The highest BCUT2D eigenvalue weighted by Crippen LogP contribution is 2.36. The predicted octanol–water partition coefficient (Wildman–Crippen LogP) is 9.02. The SMILES string of the molecule is CC(C)(C)OC(=O)N1CCC[C@H]1c1ncc(-c2ccc3c(ccc4oc5cc(-c6cnc([C@@H]7CCCN7C(=O)OC(C)(C)C)[nH]6)ccc5c(=O)c43)c2)[nH]1. The van der Waals surface area contributed by atoms with E-state index < -0.39 is 11.2 Å². The molecule has 3 aromatic carbocycles. The van der Waals surface area contributed by atoms with Gasteiger partial charge < -0.3 is 23.9 Å². The summed E-state index contributed by atoms with van der Waals surface area (Å²) in [6, 6.07) is 14.9. The van der Waals surface area contributed by atoms with Crippen molar-refractivity contribution < 1.29 is 23.5 Å². The van der Waals surface area contributed by atoms with Gasteiger partial charge in [0.25, 0.3) is 0 Å². The number of nitrogens with zero attached hydrogens (tertiary/aromatic N) is 4. The lowest BCUT2D eigenvalue weighted by Crippen LogP contribution is -2.36. The maximum Gasteiger partial charge on any atom is 0.410 e. The van der Waals surface area contributed by atoms with Gasteiger partial charge in [-0.1, -0.05) is 24.3 Å². The van der Waals surface area contributed by atoms with Crippen molar-refractivity contribution >= 4 is 44.9 Å². The number of hydrogen-bond donors (Lipinski definition) is 2. The summed E-state index contributed by atoms with van der Waals surface area (Å²) in [7, 11) is 0. The smallest absolute Gasteiger partial charge is 0.410 e. The summed E-state index contributed by atoms with van der Waals surface area (Å²) in [6.45, 7) is 12.4. The second-order valence-electron chi connectivity index (χ2n) is 16.0. The van der Waals surface area contributed by atoms with Gasteiger partial charge in [-0.25, -0.2) is 19.6 Å². The molecule has 2 amide bonds. The Bertz CT molecular complexity index is 2450. The Morgan fingerprint density at radius 3 is 1.79 bits per heavy atom. The van der Waals surface area contributed by atoms with E-state index in [2.05, 4.69) is 19.9 Å². The molecule has 274 valence electrons. The van der Waals surface area contributed by atoms with E-state index in [9.17, 15) is 14.4 Å². The lowest BCUT2D eigenvalue weighted by atomic mass is 10.0. The number of ether oxygens (including phenoxy) is 2. The summed E-state index contributed by atoms with van der Waals surface area (Å²) in [6.07, 6.45) is 6.20. The van der Waals surface area contributed by atoms with E-state index >= 15 is 0 Å². The number of carbonyl (C=O) groups is 2. The zero-order valence-electron chi connectivity index (χ0n) is 30.9. The average Bonchev–Trinajstić information content (AvgIpc) is 3.92. The molecule has 53 heavy (non-hydrogen) atoms. The first kappa shape index (κ1) is 34.4. The van der Waals surface area contributed by atoms with E-state index in [1.165, 1.54) is 0 Å². The van der Waals surface area contributed by atoms with Crippen LogP contribution in [0.4, 0.5) is 9.59 Å². The molecule has 5 heterocycles. The van der Waals surface area contributed by atoms with Gasteiger partial charge in [-0.05, 0) is 102 Å².